The highest BCUT2D eigenvalue weighted by Gasteiger charge is 2.18. The lowest BCUT2D eigenvalue weighted by Gasteiger charge is -2.08. The lowest BCUT2D eigenvalue weighted by atomic mass is 10.0. The summed E-state index contributed by atoms with van der Waals surface area (Å²) in [5, 5.41) is 2.98. The zero-order chi connectivity index (χ0) is 16.1. The summed E-state index contributed by atoms with van der Waals surface area (Å²) in [7, 11) is 0. The van der Waals surface area contributed by atoms with Crippen LogP contribution in [-0.4, -0.2) is 11.7 Å². The lowest BCUT2D eigenvalue weighted by molar-refractivity contribution is -0.122. The van der Waals surface area contributed by atoms with Gasteiger partial charge in [0.25, 0.3) is 0 Å². The summed E-state index contributed by atoms with van der Waals surface area (Å²) in [4.78, 5) is 26.0. The van der Waals surface area contributed by atoms with Crippen molar-refractivity contribution in [2.24, 2.45) is 5.92 Å². The van der Waals surface area contributed by atoms with Crippen molar-refractivity contribution in [3.63, 3.8) is 0 Å². The predicted molar refractivity (Wildman–Crippen MR) is 92.6 cm³/mol. The van der Waals surface area contributed by atoms with Crippen LogP contribution in [0.3, 0.4) is 0 Å². The minimum atomic E-state index is 0.0409. The molecule has 1 aliphatic carbocycles. The van der Waals surface area contributed by atoms with Crippen LogP contribution in [0.4, 0.5) is 0 Å². The molecule has 3 nitrogen and oxygen atoms in total. The Bertz CT molecular complexity index is 672. The van der Waals surface area contributed by atoms with E-state index in [1.807, 2.05) is 42.5 Å². The van der Waals surface area contributed by atoms with Gasteiger partial charge in [-0.1, -0.05) is 43.2 Å². The van der Waals surface area contributed by atoms with Gasteiger partial charge in [-0.15, -0.1) is 11.3 Å². The second-order valence-corrected chi connectivity index (χ2v) is 7.26. The SMILES string of the molecule is O=C(CC1CCCC1)NCc1ccc(C(=O)c2ccccc2)s1. The molecule has 0 aliphatic heterocycles. The van der Waals surface area contributed by atoms with Crippen LogP contribution in [0, 0.1) is 5.92 Å². The molecule has 1 heterocycles. The van der Waals surface area contributed by atoms with Gasteiger partial charge in [0.05, 0.1) is 11.4 Å². The first-order valence-corrected chi connectivity index (χ1v) is 8.99. The van der Waals surface area contributed by atoms with Gasteiger partial charge in [-0.2, -0.15) is 0 Å². The molecule has 0 unspecified atom stereocenters. The van der Waals surface area contributed by atoms with Crippen molar-refractivity contribution < 1.29 is 9.59 Å². The number of benzene rings is 1. The Morgan fingerprint density at radius 2 is 1.78 bits per heavy atom. The van der Waals surface area contributed by atoms with Crippen LogP contribution in [0.5, 0.6) is 0 Å². The number of amides is 1. The maximum Gasteiger partial charge on any atom is 0.220 e. The minimum Gasteiger partial charge on any atom is -0.351 e. The van der Waals surface area contributed by atoms with Gasteiger partial charge in [-0.05, 0) is 30.9 Å². The molecule has 0 spiro atoms. The van der Waals surface area contributed by atoms with Gasteiger partial charge in [0.1, 0.15) is 0 Å². The van der Waals surface area contributed by atoms with Crippen molar-refractivity contribution in [2.45, 2.75) is 38.6 Å². The third kappa shape index (κ3) is 4.29. The molecule has 1 N–H and O–H groups in total. The Balaban J connectivity index is 1.53. The molecule has 23 heavy (non-hydrogen) atoms. The Morgan fingerprint density at radius 3 is 2.52 bits per heavy atom. The normalized spacial score (nSPS) is 14.8. The molecule has 3 rings (SSSR count). The van der Waals surface area contributed by atoms with Crippen molar-refractivity contribution in [1.82, 2.24) is 5.32 Å². The Morgan fingerprint density at radius 1 is 1.04 bits per heavy atom. The van der Waals surface area contributed by atoms with Crippen molar-refractivity contribution in [1.29, 1.82) is 0 Å². The van der Waals surface area contributed by atoms with Crippen LogP contribution in [0.25, 0.3) is 0 Å². The first-order valence-electron chi connectivity index (χ1n) is 8.17. The average molecular weight is 327 g/mol. The number of carbonyl (C=O) groups excluding carboxylic acids is 2. The van der Waals surface area contributed by atoms with E-state index in [9.17, 15) is 9.59 Å². The molecular formula is C19H21NO2S. The number of rotatable bonds is 6. The zero-order valence-corrected chi connectivity index (χ0v) is 13.9. The molecular weight excluding hydrogens is 306 g/mol. The number of hydrogen-bond donors (Lipinski definition) is 1. The highest BCUT2D eigenvalue weighted by Crippen LogP contribution is 2.27. The molecule has 2 aromatic rings. The van der Waals surface area contributed by atoms with Gasteiger partial charge in [-0.25, -0.2) is 0 Å². The topological polar surface area (TPSA) is 46.2 Å². The standard InChI is InChI=1S/C19H21NO2S/c21-18(12-14-6-4-5-7-14)20-13-16-10-11-17(23-16)19(22)15-8-2-1-3-9-15/h1-3,8-11,14H,4-7,12-13H2,(H,20,21). The summed E-state index contributed by atoms with van der Waals surface area (Å²) in [5.41, 5.74) is 0.700. The molecule has 1 fully saturated rings. The first kappa shape index (κ1) is 15.9. The monoisotopic (exact) mass is 327 g/mol. The summed E-state index contributed by atoms with van der Waals surface area (Å²) < 4.78 is 0. The van der Waals surface area contributed by atoms with E-state index in [1.165, 1.54) is 37.0 Å². The van der Waals surface area contributed by atoms with Gasteiger partial charge >= 0.3 is 0 Å². The van der Waals surface area contributed by atoms with E-state index in [0.29, 0.717) is 24.4 Å². The number of thiophene rings is 1. The van der Waals surface area contributed by atoms with E-state index >= 15 is 0 Å². The van der Waals surface area contributed by atoms with E-state index in [0.717, 1.165) is 9.75 Å². The molecule has 1 aromatic carbocycles. The van der Waals surface area contributed by atoms with Crippen LogP contribution in [-0.2, 0) is 11.3 Å². The summed E-state index contributed by atoms with van der Waals surface area (Å²) in [6, 6.07) is 13.1. The van der Waals surface area contributed by atoms with E-state index < -0.39 is 0 Å². The maximum atomic E-state index is 12.4. The number of ketones is 1. The fourth-order valence-corrected chi connectivity index (χ4v) is 3.97. The predicted octanol–water partition coefficient (Wildman–Crippen LogP) is 4.18. The molecule has 0 radical (unpaired) electrons. The van der Waals surface area contributed by atoms with E-state index in [4.69, 9.17) is 0 Å². The van der Waals surface area contributed by atoms with Crippen LogP contribution in [0.2, 0.25) is 0 Å². The first-order chi connectivity index (χ1) is 11.2. The molecule has 0 bridgehead atoms. The van der Waals surface area contributed by atoms with Crippen LogP contribution in [0.15, 0.2) is 42.5 Å². The lowest BCUT2D eigenvalue weighted by Crippen LogP contribution is -2.24. The van der Waals surface area contributed by atoms with Gasteiger partial charge in [0.2, 0.25) is 11.7 Å². The van der Waals surface area contributed by atoms with Gasteiger partial charge < -0.3 is 5.32 Å². The van der Waals surface area contributed by atoms with Crippen molar-refractivity contribution in [2.75, 3.05) is 0 Å². The van der Waals surface area contributed by atoms with E-state index in [1.54, 1.807) is 0 Å². The van der Waals surface area contributed by atoms with Crippen molar-refractivity contribution >= 4 is 23.0 Å². The number of carbonyl (C=O) groups is 2. The van der Waals surface area contributed by atoms with Crippen molar-refractivity contribution in [3.8, 4) is 0 Å². The van der Waals surface area contributed by atoms with Gasteiger partial charge in [0, 0.05) is 16.9 Å². The average Bonchev–Trinajstić information content (AvgIpc) is 3.25. The van der Waals surface area contributed by atoms with Gasteiger partial charge in [0.15, 0.2) is 0 Å². The largest absolute Gasteiger partial charge is 0.351 e. The Hall–Kier alpha value is -1.94. The third-order valence-corrected chi connectivity index (χ3v) is 5.41. The van der Waals surface area contributed by atoms with Crippen LogP contribution < -0.4 is 5.32 Å². The molecule has 1 aromatic heterocycles. The van der Waals surface area contributed by atoms with E-state index in [-0.39, 0.29) is 11.7 Å². The molecule has 1 saturated carbocycles. The zero-order valence-electron chi connectivity index (χ0n) is 13.1. The Kier molecular flexibility index (Phi) is 5.23. The third-order valence-electron chi connectivity index (χ3n) is 4.33. The highest BCUT2D eigenvalue weighted by atomic mass is 32.1. The fourth-order valence-electron chi connectivity index (χ4n) is 3.06. The number of hydrogen-bond acceptors (Lipinski definition) is 3. The minimum absolute atomic E-state index is 0.0409. The molecule has 0 atom stereocenters. The van der Waals surface area contributed by atoms with Crippen molar-refractivity contribution in [3.05, 3.63) is 57.8 Å². The van der Waals surface area contributed by atoms with Crippen LogP contribution in [0.1, 0.15) is 52.2 Å². The Labute approximate surface area is 140 Å². The summed E-state index contributed by atoms with van der Waals surface area (Å²) >= 11 is 1.46. The molecule has 4 heteroatoms. The van der Waals surface area contributed by atoms with Crippen LogP contribution >= 0.6 is 11.3 Å². The van der Waals surface area contributed by atoms with Gasteiger partial charge in [-0.3, -0.25) is 9.59 Å². The molecule has 1 aliphatic rings. The highest BCUT2D eigenvalue weighted by molar-refractivity contribution is 7.14. The van der Waals surface area contributed by atoms with E-state index in [2.05, 4.69) is 5.32 Å². The summed E-state index contributed by atoms with van der Waals surface area (Å²) in [5.74, 6) is 0.730. The fraction of sp³-hybridized carbons (Fsp3) is 0.368. The quantitative estimate of drug-likeness (QED) is 0.809. The summed E-state index contributed by atoms with van der Waals surface area (Å²) in [6.07, 6.45) is 5.52. The molecule has 0 saturated heterocycles. The number of nitrogens with one attached hydrogen (secondary N) is 1. The maximum absolute atomic E-state index is 12.4. The second kappa shape index (κ2) is 7.55. The summed E-state index contributed by atoms with van der Waals surface area (Å²) in [6.45, 7) is 0.512. The second-order valence-electron chi connectivity index (χ2n) is 6.09. The molecule has 120 valence electrons. The smallest absolute Gasteiger partial charge is 0.220 e. The molecule has 1 amide bonds.